The number of nitro groups is 1. The normalized spacial score (nSPS) is 24.8. The van der Waals surface area contributed by atoms with Gasteiger partial charge in [0.15, 0.2) is 0 Å². The Balaban J connectivity index is 1.61. The summed E-state index contributed by atoms with van der Waals surface area (Å²) in [5, 5.41) is 19.8. The predicted molar refractivity (Wildman–Crippen MR) is 78.6 cm³/mol. The van der Waals surface area contributed by atoms with E-state index in [2.05, 4.69) is 9.88 Å². The summed E-state index contributed by atoms with van der Waals surface area (Å²) in [5.74, 6) is -0.214. The van der Waals surface area contributed by atoms with Gasteiger partial charge < -0.3 is 24.9 Å². The Morgan fingerprint density at radius 2 is 2.26 bits per heavy atom. The third kappa shape index (κ3) is 3.21. The number of hydrogen-bond acceptors (Lipinski definition) is 6. The Bertz CT molecular complexity index is 607. The van der Waals surface area contributed by atoms with Gasteiger partial charge in [0.1, 0.15) is 11.8 Å². The summed E-state index contributed by atoms with van der Waals surface area (Å²) in [4.78, 5) is 28.7. The van der Waals surface area contributed by atoms with Gasteiger partial charge in [-0.3, -0.25) is 9.47 Å². The fraction of sp³-hybridized carbons (Fsp3) is 0.692. The number of nitrogens with zero attached hydrogens (tertiary/aromatic N) is 5. The summed E-state index contributed by atoms with van der Waals surface area (Å²) in [5.41, 5.74) is -0.518. The summed E-state index contributed by atoms with van der Waals surface area (Å²) in [6.07, 6.45) is 1.27. The summed E-state index contributed by atoms with van der Waals surface area (Å²) >= 11 is 0. The minimum Gasteiger partial charge on any atom is -0.465 e. The largest absolute Gasteiger partial charge is 0.465 e. The molecule has 0 aromatic carbocycles. The third-order valence-corrected chi connectivity index (χ3v) is 4.17. The number of carboxylic acid groups (broad SMARTS) is 1. The van der Waals surface area contributed by atoms with Gasteiger partial charge in [0.2, 0.25) is 0 Å². The lowest BCUT2D eigenvalue weighted by atomic mass is 10.1. The number of amides is 1. The lowest BCUT2D eigenvalue weighted by Gasteiger charge is -2.29. The van der Waals surface area contributed by atoms with Crippen LogP contribution in [-0.4, -0.2) is 73.8 Å². The SMILES string of the molecule is CC1(CN2CCCN(C(=O)O)CC2)Cn2cc([N+](=O)[O-])nc2O1. The molecule has 1 unspecified atom stereocenters. The molecular weight excluding hydrogens is 306 g/mol. The van der Waals surface area contributed by atoms with Gasteiger partial charge in [-0.05, 0) is 18.3 Å². The van der Waals surface area contributed by atoms with Crippen LogP contribution in [0.5, 0.6) is 6.01 Å². The Hall–Kier alpha value is -2.36. The number of hydrogen-bond donors (Lipinski definition) is 1. The highest BCUT2D eigenvalue weighted by Crippen LogP contribution is 2.31. The molecule has 3 rings (SSSR count). The maximum absolute atomic E-state index is 11.0. The van der Waals surface area contributed by atoms with E-state index < -0.39 is 16.6 Å². The van der Waals surface area contributed by atoms with Gasteiger partial charge in [0.25, 0.3) is 0 Å². The van der Waals surface area contributed by atoms with E-state index in [4.69, 9.17) is 9.84 Å². The average molecular weight is 325 g/mol. The molecule has 0 radical (unpaired) electrons. The fourth-order valence-electron chi connectivity index (χ4n) is 3.16. The number of ether oxygens (including phenoxy) is 1. The van der Waals surface area contributed by atoms with Gasteiger partial charge in [0, 0.05) is 37.7 Å². The fourth-order valence-corrected chi connectivity index (χ4v) is 3.16. The van der Waals surface area contributed by atoms with Crippen LogP contribution >= 0.6 is 0 Å². The van der Waals surface area contributed by atoms with Gasteiger partial charge >= 0.3 is 17.9 Å². The van der Waals surface area contributed by atoms with Crippen LogP contribution in [0.4, 0.5) is 10.6 Å². The summed E-state index contributed by atoms with van der Waals surface area (Å²) in [7, 11) is 0. The van der Waals surface area contributed by atoms with Crippen LogP contribution in [0.3, 0.4) is 0 Å². The van der Waals surface area contributed by atoms with Gasteiger partial charge in [-0.1, -0.05) is 0 Å². The van der Waals surface area contributed by atoms with Gasteiger partial charge in [0.05, 0.1) is 6.54 Å². The zero-order valence-electron chi connectivity index (χ0n) is 12.8. The van der Waals surface area contributed by atoms with Crippen molar-refractivity contribution < 1.29 is 19.6 Å². The molecule has 1 aromatic rings. The Kier molecular flexibility index (Phi) is 3.84. The second-order valence-corrected chi connectivity index (χ2v) is 6.22. The monoisotopic (exact) mass is 325 g/mol. The highest BCUT2D eigenvalue weighted by molar-refractivity contribution is 5.64. The van der Waals surface area contributed by atoms with Crippen molar-refractivity contribution >= 4 is 11.9 Å². The highest BCUT2D eigenvalue weighted by Gasteiger charge is 2.41. The van der Waals surface area contributed by atoms with E-state index in [1.54, 1.807) is 4.57 Å². The molecule has 1 amide bonds. The van der Waals surface area contributed by atoms with E-state index in [0.717, 1.165) is 13.0 Å². The van der Waals surface area contributed by atoms with E-state index >= 15 is 0 Å². The molecule has 1 saturated heterocycles. The molecule has 126 valence electrons. The predicted octanol–water partition coefficient (Wildman–Crippen LogP) is 0.628. The Labute approximate surface area is 132 Å². The molecule has 10 heteroatoms. The molecule has 1 aromatic heterocycles. The molecule has 2 aliphatic heterocycles. The van der Waals surface area contributed by atoms with Crippen molar-refractivity contribution in [1.82, 2.24) is 19.4 Å². The van der Waals surface area contributed by atoms with Crippen LogP contribution in [0.15, 0.2) is 6.20 Å². The van der Waals surface area contributed by atoms with Crippen LogP contribution < -0.4 is 4.74 Å². The third-order valence-electron chi connectivity index (χ3n) is 4.17. The topological polar surface area (TPSA) is 114 Å². The minimum absolute atomic E-state index is 0.214. The van der Waals surface area contributed by atoms with Crippen molar-refractivity contribution in [3.05, 3.63) is 16.3 Å². The van der Waals surface area contributed by atoms with E-state index in [-0.39, 0.29) is 11.8 Å². The van der Waals surface area contributed by atoms with Crippen molar-refractivity contribution in [2.45, 2.75) is 25.5 Å². The number of aromatic nitrogens is 2. The molecule has 1 N–H and O–H groups in total. The number of carbonyl (C=O) groups is 1. The first kappa shape index (κ1) is 15.5. The molecule has 0 bridgehead atoms. The van der Waals surface area contributed by atoms with Crippen molar-refractivity contribution in [3.8, 4) is 6.01 Å². The zero-order valence-corrected chi connectivity index (χ0v) is 12.8. The highest BCUT2D eigenvalue weighted by atomic mass is 16.6. The molecule has 23 heavy (non-hydrogen) atoms. The molecular formula is C13H19N5O5. The number of imidazole rings is 1. The Morgan fingerprint density at radius 1 is 1.48 bits per heavy atom. The first-order valence-electron chi connectivity index (χ1n) is 7.47. The molecule has 3 heterocycles. The molecule has 0 spiro atoms. The second-order valence-electron chi connectivity index (χ2n) is 6.22. The quantitative estimate of drug-likeness (QED) is 0.640. The first-order valence-corrected chi connectivity index (χ1v) is 7.47. The van der Waals surface area contributed by atoms with E-state index in [1.165, 1.54) is 11.1 Å². The van der Waals surface area contributed by atoms with Crippen molar-refractivity contribution in [1.29, 1.82) is 0 Å². The van der Waals surface area contributed by atoms with Crippen molar-refractivity contribution in [2.24, 2.45) is 0 Å². The zero-order chi connectivity index (χ0) is 16.6. The molecule has 10 nitrogen and oxygen atoms in total. The maximum atomic E-state index is 11.0. The van der Waals surface area contributed by atoms with Crippen LogP contribution in [0.25, 0.3) is 0 Å². The van der Waals surface area contributed by atoms with E-state index in [0.29, 0.717) is 32.7 Å². The minimum atomic E-state index is -0.886. The molecule has 1 atom stereocenters. The standard InChI is InChI=1S/C13H19N5O5/c1-13(8-15-3-2-4-16(6-5-15)12(19)20)9-17-7-10(18(21)22)14-11(17)23-13/h7H,2-6,8-9H2,1H3,(H,19,20). The van der Waals surface area contributed by atoms with E-state index in [1.807, 2.05) is 6.92 Å². The Morgan fingerprint density at radius 3 is 2.91 bits per heavy atom. The average Bonchev–Trinajstić information content (AvgIpc) is 2.86. The van der Waals surface area contributed by atoms with Crippen molar-refractivity contribution in [2.75, 3.05) is 32.7 Å². The lowest BCUT2D eigenvalue weighted by Crippen LogP contribution is -2.46. The van der Waals surface area contributed by atoms with Crippen LogP contribution in [-0.2, 0) is 6.54 Å². The molecule has 1 fully saturated rings. The van der Waals surface area contributed by atoms with Crippen LogP contribution in [0, 0.1) is 10.1 Å². The van der Waals surface area contributed by atoms with Gasteiger partial charge in [-0.15, -0.1) is 0 Å². The maximum Gasteiger partial charge on any atom is 0.415 e. The number of fused-ring (bicyclic) bond motifs is 1. The summed E-state index contributed by atoms with van der Waals surface area (Å²) in [6, 6.07) is 0.265. The van der Waals surface area contributed by atoms with E-state index in [9.17, 15) is 14.9 Å². The van der Waals surface area contributed by atoms with Crippen molar-refractivity contribution in [3.63, 3.8) is 0 Å². The number of rotatable bonds is 3. The molecule has 0 saturated carbocycles. The lowest BCUT2D eigenvalue weighted by molar-refractivity contribution is -0.389. The summed E-state index contributed by atoms with van der Waals surface area (Å²) < 4.78 is 7.47. The smallest absolute Gasteiger partial charge is 0.415 e. The molecule has 2 aliphatic rings. The second kappa shape index (κ2) is 5.69. The van der Waals surface area contributed by atoms with Gasteiger partial charge in [-0.2, -0.15) is 0 Å². The first-order chi connectivity index (χ1) is 10.9. The summed E-state index contributed by atoms with van der Waals surface area (Å²) in [6.45, 7) is 5.50. The van der Waals surface area contributed by atoms with Crippen LogP contribution in [0.1, 0.15) is 13.3 Å². The molecule has 0 aliphatic carbocycles. The van der Waals surface area contributed by atoms with Gasteiger partial charge in [-0.25, -0.2) is 4.79 Å². The van der Waals surface area contributed by atoms with Crippen LogP contribution in [0.2, 0.25) is 0 Å².